The molecule has 5 heteroatoms. The number of methoxy groups -OCH3 is 1. The molecule has 1 saturated heterocycles. The first-order valence-electron chi connectivity index (χ1n) is 5.72. The highest BCUT2D eigenvalue weighted by Crippen LogP contribution is 2.37. The number of carbonyl (C=O) groups is 1. The summed E-state index contributed by atoms with van der Waals surface area (Å²) in [6.07, 6.45) is 1.74. The van der Waals surface area contributed by atoms with Crippen LogP contribution in [0.25, 0.3) is 11.1 Å². The summed E-state index contributed by atoms with van der Waals surface area (Å²) in [7, 11) is 1.40. The van der Waals surface area contributed by atoms with Gasteiger partial charge in [-0.1, -0.05) is 6.07 Å². The second-order valence-corrected chi connectivity index (χ2v) is 4.56. The highest BCUT2D eigenvalue weighted by molar-refractivity contribution is 5.75. The number of ether oxygens (including phenoxy) is 2. The van der Waals surface area contributed by atoms with Gasteiger partial charge in [-0.05, 0) is 17.7 Å². The number of oxazole rings is 1. The van der Waals surface area contributed by atoms with Crippen LogP contribution < -0.4 is 0 Å². The van der Waals surface area contributed by atoms with Gasteiger partial charge in [-0.15, -0.1) is 0 Å². The largest absolute Gasteiger partial charge is 0.469 e. The Morgan fingerprint density at radius 3 is 3.00 bits per heavy atom. The molecule has 0 unspecified atom stereocenters. The molecule has 3 rings (SSSR count). The van der Waals surface area contributed by atoms with E-state index in [1.54, 1.807) is 0 Å². The second kappa shape index (κ2) is 4.10. The fourth-order valence-electron chi connectivity index (χ4n) is 2.25. The standard InChI is InChI=1S/C13H13NO4/c1-16-12(15)5-13(6-17-7-13)9-2-3-10-11(4-9)18-8-14-10/h2-4,8H,5-7H2,1H3. The Morgan fingerprint density at radius 1 is 1.50 bits per heavy atom. The van der Waals surface area contributed by atoms with Crippen LogP contribution in [-0.4, -0.2) is 31.3 Å². The number of fused-ring (bicyclic) bond motifs is 1. The number of hydrogen-bond acceptors (Lipinski definition) is 5. The first-order valence-corrected chi connectivity index (χ1v) is 5.72. The molecule has 1 aliphatic heterocycles. The highest BCUT2D eigenvalue weighted by atomic mass is 16.5. The molecule has 2 aromatic rings. The molecule has 1 fully saturated rings. The molecule has 5 nitrogen and oxygen atoms in total. The Morgan fingerprint density at radius 2 is 2.33 bits per heavy atom. The lowest BCUT2D eigenvalue weighted by Crippen LogP contribution is -2.48. The number of esters is 1. The van der Waals surface area contributed by atoms with Gasteiger partial charge in [-0.2, -0.15) is 0 Å². The van der Waals surface area contributed by atoms with E-state index in [1.165, 1.54) is 13.5 Å². The van der Waals surface area contributed by atoms with Crippen molar-refractivity contribution in [1.82, 2.24) is 4.98 Å². The van der Waals surface area contributed by atoms with Crippen molar-refractivity contribution in [3.63, 3.8) is 0 Å². The van der Waals surface area contributed by atoms with Gasteiger partial charge in [0, 0.05) is 0 Å². The average Bonchev–Trinajstić information content (AvgIpc) is 2.80. The van der Waals surface area contributed by atoms with E-state index >= 15 is 0 Å². The molecule has 0 atom stereocenters. The summed E-state index contributed by atoms with van der Waals surface area (Å²) in [4.78, 5) is 15.6. The maximum absolute atomic E-state index is 11.5. The highest BCUT2D eigenvalue weighted by Gasteiger charge is 2.42. The number of carbonyl (C=O) groups excluding carboxylic acids is 1. The molecule has 94 valence electrons. The summed E-state index contributed by atoms with van der Waals surface area (Å²) in [5.41, 5.74) is 2.29. The minimum Gasteiger partial charge on any atom is -0.469 e. The van der Waals surface area contributed by atoms with Crippen molar-refractivity contribution >= 4 is 17.1 Å². The van der Waals surface area contributed by atoms with Gasteiger partial charge in [0.15, 0.2) is 12.0 Å². The van der Waals surface area contributed by atoms with Gasteiger partial charge < -0.3 is 13.9 Å². The van der Waals surface area contributed by atoms with E-state index in [0.717, 1.165) is 16.7 Å². The van der Waals surface area contributed by atoms with Gasteiger partial charge in [0.1, 0.15) is 5.52 Å². The maximum Gasteiger partial charge on any atom is 0.306 e. The predicted octanol–water partition coefficient (Wildman–Crippen LogP) is 1.66. The molecule has 18 heavy (non-hydrogen) atoms. The Labute approximate surface area is 104 Å². The smallest absolute Gasteiger partial charge is 0.306 e. The van der Waals surface area contributed by atoms with E-state index in [-0.39, 0.29) is 11.4 Å². The lowest BCUT2D eigenvalue weighted by atomic mass is 9.76. The van der Waals surface area contributed by atoms with Crippen molar-refractivity contribution in [2.75, 3.05) is 20.3 Å². The predicted molar refractivity (Wildman–Crippen MR) is 63.1 cm³/mol. The van der Waals surface area contributed by atoms with Gasteiger partial charge in [0.25, 0.3) is 0 Å². The van der Waals surface area contributed by atoms with Gasteiger partial charge in [0.05, 0.1) is 32.2 Å². The van der Waals surface area contributed by atoms with E-state index in [1.807, 2.05) is 18.2 Å². The van der Waals surface area contributed by atoms with Crippen LogP contribution in [0.5, 0.6) is 0 Å². The van der Waals surface area contributed by atoms with Crippen LogP contribution in [0.1, 0.15) is 12.0 Å². The lowest BCUT2D eigenvalue weighted by Gasteiger charge is -2.41. The van der Waals surface area contributed by atoms with Crippen molar-refractivity contribution in [1.29, 1.82) is 0 Å². The van der Waals surface area contributed by atoms with Crippen molar-refractivity contribution in [2.45, 2.75) is 11.8 Å². The zero-order chi connectivity index (χ0) is 12.6. The molecule has 1 aromatic carbocycles. The summed E-state index contributed by atoms with van der Waals surface area (Å²) in [5, 5.41) is 0. The monoisotopic (exact) mass is 247 g/mol. The van der Waals surface area contributed by atoms with E-state index in [2.05, 4.69) is 4.98 Å². The van der Waals surface area contributed by atoms with Crippen LogP contribution in [0.15, 0.2) is 29.0 Å². The molecule has 0 amide bonds. The molecule has 0 spiro atoms. The molecular weight excluding hydrogens is 234 g/mol. The van der Waals surface area contributed by atoms with Crippen LogP contribution in [0.3, 0.4) is 0 Å². The Bertz CT molecular complexity index is 585. The average molecular weight is 247 g/mol. The molecule has 1 aromatic heterocycles. The minimum atomic E-state index is -0.284. The van der Waals surface area contributed by atoms with Crippen LogP contribution in [-0.2, 0) is 19.7 Å². The molecule has 2 heterocycles. The van der Waals surface area contributed by atoms with Crippen molar-refractivity contribution in [3.05, 3.63) is 30.2 Å². The molecule has 0 saturated carbocycles. The maximum atomic E-state index is 11.5. The summed E-state index contributed by atoms with van der Waals surface area (Å²) in [6, 6.07) is 5.79. The van der Waals surface area contributed by atoms with Gasteiger partial charge in [0.2, 0.25) is 0 Å². The van der Waals surface area contributed by atoms with Crippen molar-refractivity contribution in [3.8, 4) is 0 Å². The summed E-state index contributed by atoms with van der Waals surface area (Å²) in [6.45, 7) is 1.06. The van der Waals surface area contributed by atoms with Crippen LogP contribution in [0.2, 0.25) is 0 Å². The summed E-state index contributed by atoms with van der Waals surface area (Å²) < 4.78 is 15.3. The van der Waals surface area contributed by atoms with Gasteiger partial charge in [-0.25, -0.2) is 4.98 Å². The summed E-state index contributed by atoms with van der Waals surface area (Å²) in [5.74, 6) is -0.226. The van der Waals surface area contributed by atoms with Crippen molar-refractivity contribution in [2.24, 2.45) is 0 Å². The van der Waals surface area contributed by atoms with Crippen LogP contribution in [0.4, 0.5) is 0 Å². The van der Waals surface area contributed by atoms with Gasteiger partial charge >= 0.3 is 5.97 Å². The molecule has 0 radical (unpaired) electrons. The Hall–Kier alpha value is -1.88. The molecule has 0 aliphatic carbocycles. The van der Waals surface area contributed by atoms with E-state index < -0.39 is 0 Å². The number of nitrogens with zero attached hydrogens (tertiary/aromatic N) is 1. The number of benzene rings is 1. The van der Waals surface area contributed by atoms with E-state index in [9.17, 15) is 4.79 Å². The quantitative estimate of drug-likeness (QED) is 0.772. The third-order valence-electron chi connectivity index (χ3n) is 3.41. The topological polar surface area (TPSA) is 61.6 Å². The van der Waals surface area contributed by atoms with E-state index in [4.69, 9.17) is 13.9 Å². The van der Waals surface area contributed by atoms with E-state index in [0.29, 0.717) is 19.6 Å². The minimum absolute atomic E-state index is 0.226. The lowest BCUT2D eigenvalue weighted by molar-refractivity contribution is -0.148. The first-order chi connectivity index (χ1) is 8.73. The fourth-order valence-corrected chi connectivity index (χ4v) is 2.25. The molecule has 0 bridgehead atoms. The zero-order valence-corrected chi connectivity index (χ0v) is 10.0. The van der Waals surface area contributed by atoms with Crippen molar-refractivity contribution < 1.29 is 18.7 Å². The number of hydrogen-bond donors (Lipinski definition) is 0. The first kappa shape index (κ1) is 11.2. The Balaban J connectivity index is 1.97. The fraction of sp³-hybridized carbons (Fsp3) is 0.385. The third kappa shape index (κ3) is 1.67. The second-order valence-electron chi connectivity index (χ2n) is 4.56. The van der Waals surface area contributed by atoms with Gasteiger partial charge in [-0.3, -0.25) is 4.79 Å². The van der Waals surface area contributed by atoms with Crippen LogP contribution >= 0.6 is 0 Å². The number of aromatic nitrogens is 1. The summed E-state index contributed by atoms with van der Waals surface area (Å²) >= 11 is 0. The molecular formula is C13H13NO4. The molecule has 1 aliphatic rings. The molecule has 0 N–H and O–H groups in total. The number of rotatable bonds is 3. The normalized spacial score (nSPS) is 17.4. The van der Waals surface area contributed by atoms with Crippen LogP contribution in [0, 0.1) is 0 Å². The zero-order valence-electron chi connectivity index (χ0n) is 10.0. The third-order valence-corrected chi connectivity index (χ3v) is 3.41. The SMILES string of the molecule is COC(=O)CC1(c2ccc3ncoc3c2)COC1. The Kier molecular flexibility index (Phi) is 2.56.